The minimum absolute atomic E-state index is 0.0159. The fraction of sp³-hybridized carbons (Fsp3) is 0.316. The predicted octanol–water partition coefficient (Wildman–Crippen LogP) is 3.05. The molecule has 0 aliphatic rings. The summed E-state index contributed by atoms with van der Waals surface area (Å²) in [5, 5.41) is 8.13. The molecular formula is C19H22N4O3S. The Labute approximate surface area is 161 Å². The van der Waals surface area contributed by atoms with E-state index in [2.05, 4.69) is 10.4 Å². The first kappa shape index (κ1) is 18.9. The van der Waals surface area contributed by atoms with E-state index in [0.29, 0.717) is 22.9 Å². The Morgan fingerprint density at radius 2 is 2.11 bits per heavy atom. The van der Waals surface area contributed by atoms with E-state index in [1.54, 1.807) is 36.1 Å². The molecule has 2 amide bonds. The van der Waals surface area contributed by atoms with Crippen molar-refractivity contribution in [2.24, 2.45) is 7.05 Å². The highest BCUT2D eigenvalue weighted by molar-refractivity contribution is 7.20. The number of hydrogen-bond acceptors (Lipinski definition) is 5. The van der Waals surface area contributed by atoms with Crippen molar-refractivity contribution in [1.29, 1.82) is 0 Å². The fourth-order valence-electron chi connectivity index (χ4n) is 2.87. The Morgan fingerprint density at radius 3 is 2.78 bits per heavy atom. The summed E-state index contributed by atoms with van der Waals surface area (Å²) < 4.78 is 6.93. The third-order valence-corrected chi connectivity index (χ3v) is 5.45. The maximum Gasteiger partial charge on any atom is 0.264 e. The standard InChI is InChI=1S/C19H22N4O3S/c1-5-23(11-17(24)20-13-7-6-8-14(9-13)26-4)18(25)16-10-15-12(2)21-22(3)19(15)27-16/h6-10H,5,11H2,1-4H3,(H,20,24). The average Bonchev–Trinajstić information content (AvgIpc) is 3.21. The van der Waals surface area contributed by atoms with Gasteiger partial charge in [-0.3, -0.25) is 14.3 Å². The molecule has 0 saturated carbocycles. The molecule has 0 saturated heterocycles. The maximum absolute atomic E-state index is 12.9. The summed E-state index contributed by atoms with van der Waals surface area (Å²) in [4.78, 5) is 28.3. The summed E-state index contributed by atoms with van der Waals surface area (Å²) in [6, 6.07) is 8.96. The highest BCUT2D eigenvalue weighted by Gasteiger charge is 2.21. The van der Waals surface area contributed by atoms with Gasteiger partial charge in [-0.2, -0.15) is 5.10 Å². The number of nitrogens with zero attached hydrogens (tertiary/aromatic N) is 3. The molecule has 3 rings (SSSR count). The first-order valence-corrected chi connectivity index (χ1v) is 9.41. The van der Waals surface area contributed by atoms with Crippen molar-refractivity contribution in [3.63, 3.8) is 0 Å². The zero-order chi connectivity index (χ0) is 19.6. The molecular weight excluding hydrogens is 364 g/mol. The number of carbonyl (C=O) groups excluding carboxylic acids is 2. The second-order valence-electron chi connectivity index (χ2n) is 6.14. The van der Waals surface area contributed by atoms with Gasteiger partial charge in [-0.05, 0) is 32.0 Å². The number of methoxy groups -OCH3 is 1. The lowest BCUT2D eigenvalue weighted by Crippen LogP contribution is -2.37. The monoisotopic (exact) mass is 386 g/mol. The molecule has 27 heavy (non-hydrogen) atoms. The van der Waals surface area contributed by atoms with Crippen molar-refractivity contribution < 1.29 is 14.3 Å². The number of likely N-dealkylation sites (N-methyl/N-ethyl adjacent to an activating group) is 1. The first-order valence-electron chi connectivity index (χ1n) is 8.59. The average molecular weight is 386 g/mol. The van der Waals surface area contributed by atoms with Crippen LogP contribution in [-0.4, -0.2) is 46.7 Å². The van der Waals surface area contributed by atoms with Gasteiger partial charge in [-0.25, -0.2) is 0 Å². The number of carbonyl (C=O) groups is 2. The zero-order valence-corrected chi connectivity index (χ0v) is 16.6. The van der Waals surface area contributed by atoms with E-state index in [4.69, 9.17) is 4.74 Å². The maximum atomic E-state index is 12.9. The molecule has 0 spiro atoms. The molecule has 0 atom stereocenters. The lowest BCUT2D eigenvalue weighted by Gasteiger charge is -2.19. The van der Waals surface area contributed by atoms with E-state index in [1.165, 1.54) is 16.2 Å². The Bertz CT molecular complexity index is 958. The van der Waals surface area contributed by atoms with Crippen molar-refractivity contribution in [3.8, 4) is 5.75 Å². The SMILES string of the molecule is CCN(CC(=O)Nc1cccc(OC)c1)C(=O)c1cc2c(C)nn(C)c2s1. The van der Waals surface area contributed by atoms with E-state index >= 15 is 0 Å². The normalized spacial score (nSPS) is 10.8. The summed E-state index contributed by atoms with van der Waals surface area (Å²) >= 11 is 1.39. The lowest BCUT2D eigenvalue weighted by atomic mass is 10.3. The van der Waals surface area contributed by atoms with Crippen LogP contribution in [0.3, 0.4) is 0 Å². The van der Waals surface area contributed by atoms with E-state index in [0.717, 1.165) is 15.9 Å². The minimum atomic E-state index is -0.252. The van der Waals surface area contributed by atoms with Gasteiger partial charge in [0.25, 0.3) is 5.91 Å². The number of hydrogen-bond donors (Lipinski definition) is 1. The Morgan fingerprint density at radius 1 is 1.33 bits per heavy atom. The number of nitrogens with one attached hydrogen (secondary N) is 1. The summed E-state index contributed by atoms with van der Waals surface area (Å²) in [7, 11) is 3.43. The van der Waals surface area contributed by atoms with Crippen LogP contribution in [0, 0.1) is 6.92 Å². The number of thiophene rings is 1. The quantitative estimate of drug-likeness (QED) is 0.706. The van der Waals surface area contributed by atoms with E-state index in [-0.39, 0.29) is 18.4 Å². The van der Waals surface area contributed by atoms with Crippen molar-refractivity contribution in [3.05, 3.63) is 40.9 Å². The molecule has 2 heterocycles. The highest BCUT2D eigenvalue weighted by atomic mass is 32.1. The van der Waals surface area contributed by atoms with Crippen LogP contribution in [0.2, 0.25) is 0 Å². The third kappa shape index (κ3) is 3.95. The molecule has 1 aromatic carbocycles. The molecule has 2 aromatic heterocycles. The predicted molar refractivity (Wildman–Crippen MR) is 107 cm³/mol. The number of anilines is 1. The molecule has 0 aliphatic heterocycles. The number of amides is 2. The van der Waals surface area contributed by atoms with Crippen molar-refractivity contribution in [1.82, 2.24) is 14.7 Å². The summed E-state index contributed by atoms with van der Waals surface area (Å²) in [5.74, 6) is 0.252. The van der Waals surface area contributed by atoms with Gasteiger partial charge in [0.15, 0.2) is 0 Å². The highest BCUT2D eigenvalue weighted by Crippen LogP contribution is 2.28. The zero-order valence-electron chi connectivity index (χ0n) is 15.8. The molecule has 0 unspecified atom stereocenters. The molecule has 7 nitrogen and oxygen atoms in total. The number of fused-ring (bicyclic) bond motifs is 1. The summed E-state index contributed by atoms with van der Waals surface area (Å²) in [6.45, 7) is 4.20. The number of ether oxygens (including phenoxy) is 1. The van der Waals surface area contributed by atoms with E-state index in [1.807, 2.05) is 27.0 Å². The van der Waals surface area contributed by atoms with Gasteiger partial charge in [0.05, 0.1) is 17.7 Å². The Kier molecular flexibility index (Phi) is 5.46. The van der Waals surface area contributed by atoms with Gasteiger partial charge in [0.1, 0.15) is 17.1 Å². The second kappa shape index (κ2) is 7.79. The second-order valence-corrected chi connectivity index (χ2v) is 7.17. The smallest absolute Gasteiger partial charge is 0.264 e. The van der Waals surface area contributed by atoms with Crippen LogP contribution in [0.5, 0.6) is 5.75 Å². The molecule has 142 valence electrons. The number of aromatic nitrogens is 2. The number of benzene rings is 1. The molecule has 8 heteroatoms. The van der Waals surface area contributed by atoms with Crippen LogP contribution in [0.15, 0.2) is 30.3 Å². The summed E-state index contributed by atoms with van der Waals surface area (Å²) in [5.41, 5.74) is 1.52. The number of rotatable bonds is 6. The van der Waals surface area contributed by atoms with Crippen molar-refractivity contribution in [2.75, 3.05) is 25.5 Å². The van der Waals surface area contributed by atoms with E-state index in [9.17, 15) is 9.59 Å². The lowest BCUT2D eigenvalue weighted by molar-refractivity contribution is -0.116. The topological polar surface area (TPSA) is 76.5 Å². The fourth-order valence-corrected chi connectivity index (χ4v) is 3.96. The largest absolute Gasteiger partial charge is 0.497 e. The Balaban J connectivity index is 1.72. The molecule has 0 bridgehead atoms. The molecule has 0 fully saturated rings. The van der Waals surface area contributed by atoms with Gasteiger partial charge in [-0.1, -0.05) is 6.07 Å². The van der Waals surface area contributed by atoms with Gasteiger partial charge >= 0.3 is 0 Å². The Hall–Kier alpha value is -2.87. The third-order valence-electron chi connectivity index (χ3n) is 4.26. The van der Waals surface area contributed by atoms with Crippen LogP contribution in [0.4, 0.5) is 5.69 Å². The number of aryl methyl sites for hydroxylation is 2. The van der Waals surface area contributed by atoms with Crippen LogP contribution in [0.25, 0.3) is 10.2 Å². The molecule has 1 N–H and O–H groups in total. The minimum Gasteiger partial charge on any atom is -0.497 e. The van der Waals surface area contributed by atoms with E-state index < -0.39 is 0 Å². The molecule has 3 aromatic rings. The van der Waals surface area contributed by atoms with Gasteiger partial charge in [0.2, 0.25) is 5.91 Å². The molecule has 0 radical (unpaired) electrons. The summed E-state index contributed by atoms with van der Waals surface area (Å²) in [6.07, 6.45) is 0. The van der Waals surface area contributed by atoms with Gasteiger partial charge in [-0.15, -0.1) is 11.3 Å². The van der Waals surface area contributed by atoms with Crippen LogP contribution in [0.1, 0.15) is 22.3 Å². The molecule has 0 aliphatic carbocycles. The van der Waals surface area contributed by atoms with Crippen LogP contribution >= 0.6 is 11.3 Å². The van der Waals surface area contributed by atoms with Gasteiger partial charge < -0.3 is 15.0 Å². The van der Waals surface area contributed by atoms with Gasteiger partial charge in [0, 0.05) is 30.7 Å². The van der Waals surface area contributed by atoms with Crippen molar-refractivity contribution in [2.45, 2.75) is 13.8 Å². The van der Waals surface area contributed by atoms with Crippen LogP contribution < -0.4 is 10.1 Å². The van der Waals surface area contributed by atoms with Crippen molar-refractivity contribution >= 4 is 39.1 Å². The van der Waals surface area contributed by atoms with Crippen LogP contribution in [-0.2, 0) is 11.8 Å². The first-order chi connectivity index (χ1) is 12.9.